The quantitative estimate of drug-likeness (QED) is 0.155. The summed E-state index contributed by atoms with van der Waals surface area (Å²) >= 11 is 0. The molecule has 2 nitrogen and oxygen atoms in total. The van der Waals surface area contributed by atoms with E-state index in [-0.39, 0.29) is 5.41 Å². The van der Waals surface area contributed by atoms with E-state index in [2.05, 4.69) is 226 Å². The van der Waals surface area contributed by atoms with Gasteiger partial charge in [-0.05, 0) is 98.5 Å². The van der Waals surface area contributed by atoms with Crippen molar-refractivity contribution in [1.82, 2.24) is 0 Å². The van der Waals surface area contributed by atoms with E-state index in [4.69, 9.17) is 4.42 Å². The molecule has 0 fully saturated rings. The van der Waals surface area contributed by atoms with Crippen molar-refractivity contribution in [3.05, 3.63) is 212 Å². The Kier molecular flexibility index (Phi) is 9.17. The van der Waals surface area contributed by atoms with Crippen LogP contribution in [-0.2, 0) is 5.41 Å². The van der Waals surface area contributed by atoms with Crippen molar-refractivity contribution in [2.75, 3.05) is 4.90 Å². The van der Waals surface area contributed by atoms with Crippen molar-refractivity contribution in [1.29, 1.82) is 0 Å². The highest BCUT2D eigenvalue weighted by Crippen LogP contribution is 2.44. The van der Waals surface area contributed by atoms with E-state index < -0.39 is 0 Å². The molecule has 0 aliphatic rings. The summed E-state index contributed by atoms with van der Waals surface area (Å²) in [7, 11) is 0. The number of hydrogen-bond donors (Lipinski definition) is 0. The van der Waals surface area contributed by atoms with E-state index in [0.29, 0.717) is 0 Å². The van der Waals surface area contributed by atoms with Gasteiger partial charge in [0.25, 0.3) is 0 Å². The number of benzene rings is 8. The van der Waals surface area contributed by atoms with Gasteiger partial charge < -0.3 is 9.32 Å². The highest BCUT2D eigenvalue weighted by Gasteiger charge is 2.26. The zero-order valence-electron chi connectivity index (χ0n) is 32.0. The number of anilines is 3. The van der Waals surface area contributed by atoms with Gasteiger partial charge in [0.05, 0.1) is 0 Å². The fourth-order valence-electron chi connectivity index (χ4n) is 7.83. The van der Waals surface area contributed by atoms with E-state index in [1.165, 1.54) is 50.1 Å². The third kappa shape index (κ3) is 6.94. The molecule has 0 atom stereocenters. The maximum Gasteiger partial charge on any atom is 0.139 e. The second-order valence-corrected chi connectivity index (χ2v) is 15.4. The fourth-order valence-corrected chi connectivity index (χ4v) is 7.83. The van der Waals surface area contributed by atoms with E-state index in [1.54, 1.807) is 0 Å². The summed E-state index contributed by atoms with van der Waals surface area (Å²) in [6, 6.07) is 73.7. The van der Waals surface area contributed by atoms with Crippen molar-refractivity contribution in [3.63, 3.8) is 0 Å². The SMILES string of the molecule is CC(C)(C)c1c(-c2cccc(N(c3ccc(-c4ccc(-c5ccccc5)cc4)cc3)c3ccc(-c4cccc(-c5ccccc5)c4)cc3)c2)oc2ccccc12. The first-order valence-electron chi connectivity index (χ1n) is 19.3. The molecule has 0 saturated heterocycles. The predicted molar refractivity (Wildman–Crippen MR) is 237 cm³/mol. The van der Waals surface area contributed by atoms with Crippen LogP contribution in [0.3, 0.4) is 0 Å². The van der Waals surface area contributed by atoms with Crippen LogP contribution in [-0.4, -0.2) is 0 Å². The van der Waals surface area contributed by atoms with E-state index in [0.717, 1.165) is 39.4 Å². The first kappa shape index (κ1) is 34.8. The van der Waals surface area contributed by atoms with Crippen LogP contribution in [0.5, 0.6) is 0 Å². The maximum absolute atomic E-state index is 6.65. The molecule has 9 rings (SSSR count). The summed E-state index contributed by atoms with van der Waals surface area (Å²) in [5, 5.41) is 1.16. The van der Waals surface area contributed by atoms with Gasteiger partial charge in [-0.1, -0.05) is 178 Å². The van der Waals surface area contributed by atoms with Crippen LogP contribution in [0.1, 0.15) is 26.3 Å². The summed E-state index contributed by atoms with van der Waals surface area (Å²) in [6.45, 7) is 6.79. The summed E-state index contributed by atoms with van der Waals surface area (Å²) in [5.74, 6) is 0.920. The van der Waals surface area contributed by atoms with Gasteiger partial charge in [-0.2, -0.15) is 0 Å². The summed E-state index contributed by atoms with van der Waals surface area (Å²) in [6.07, 6.45) is 0. The van der Waals surface area contributed by atoms with Gasteiger partial charge in [0.1, 0.15) is 11.3 Å². The average molecular weight is 722 g/mol. The van der Waals surface area contributed by atoms with Gasteiger partial charge in [-0.25, -0.2) is 0 Å². The largest absolute Gasteiger partial charge is 0.456 e. The number of fused-ring (bicyclic) bond motifs is 1. The Morgan fingerprint density at radius 2 is 0.750 bits per heavy atom. The third-order valence-corrected chi connectivity index (χ3v) is 10.6. The Hall–Kier alpha value is -6.90. The maximum atomic E-state index is 6.65. The van der Waals surface area contributed by atoms with Gasteiger partial charge in [0, 0.05) is 33.6 Å². The van der Waals surface area contributed by atoms with Crippen LogP contribution in [0.15, 0.2) is 211 Å². The molecule has 0 unspecified atom stereocenters. The molecule has 8 aromatic carbocycles. The van der Waals surface area contributed by atoms with Crippen LogP contribution in [0.4, 0.5) is 17.1 Å². The molecule has 270 valence electrons. The number of hydrogen-bond acceptors (Lipinski definition) is 2. The fraction of sp³-hybridized carbons (Fsp3) is 0.0741. The first-order valence-corrected chi connectivity index (χ1v) is 19.3. The van der Waals surface area contributed by atoms with Gasteiger partial charge in [0.2, 0.25) is 0 Å². The molecule has 0 spiro atoms. The van der Waals surface area contributed by atoms with E-state index in [1.807, 2.05) is 6.07 Å². The zero-order chi connectivity index (χ0) is 38.1. The van der Waals surface area contributed by atoms with Crippen LogP contribution in [0.2, 0.25) is 0 Å². The molecule has 1 heterocycles. The molecule has 0 N–H and O–H groups in total. The van der Waals surface area contributed by atoms with Crippen molar-refractivity contribution in [3.8, 4) is 55.8 Å². The topological polar surface area (TPSA) is 16.4 Å². The molecule has 0 aliphatic carbocycles. The zero-order valence-corrected chi connectivity index (χ0v) is 32.0. The molecule has 0 amide bonds. The summed E-state index contributed by atoms with van der Waals surface area (Å²) in [4.78, 5) is 2.34. The second-order valence-electron chi connectivity index (χ2n) is 15.4. The molecule has 56 heavy (non-hydrogen) atoms. The molecule has 1 aromatic heterocycles. The highest BCUT2D eigenvalue weighted by atomic mass is 16.3. The third-order valence-electron chi connectivity index (χ3n) is 10.6. The average Bonchev–Trinajstić information content (AvgIpc) is 3.66. The molecule has 0 radical (unpaired) electrons. The molecular formula is C54H43NO. The Morgan fingerprint density at radius 1 is 0.339 bits per heavy atom. The number of nitrogens with zero attached hydrogens (tertiary/aromatic N) is 1. The minimum absolute atomic E-state index is 0.111. The smallest absolute Gasteiger partial charge is 0.139 e. The van der Waals surface area contributed by atoms with Gasteiger partial charge >= 0.3 is 0 Å². The number of para-hydroxylation sites is 1. The van der Waals surface area contributed by atoms with Crippen LogP contribution in [0, 0.1) is 0 Å². The lowest BCUT2D eigenvalue weighted by molar-refractivity contribution is 0.568. The van der Waals surface area contributed by atoms with Crippen LogP contribution in [0.25, 0.3) is 66.8 Å². The van der Waals surface area contributed by atoms with Crippen LogP contribution < -0.4 is 4.90 Å². The Bertz CT molecular complexity index is 2740. The first-order chi connectivity index (χ1) is 27.4. The normalized spacial score (nSPS) is 11.5. The van der Waals surface area contributed by atoms with E-state index in [9.17, 15) is 0 Å². The second kappa shape index (κ2) is 14.7. The minimum atomic E-state index is -0.111. The molecule has 0 aliphatic heterocycles. The predicted octanol–water partition coefficient (Wildman–Crippen LogP) is 15.5. The Balaban J connectivity index is 1.11. The van der Waals surface area contributed by atoms with E-state index >= 15 is 0 Å². The molecule has 2 heteroatoms. The molecule has 9 aromatic rings. The van der Waals surface area contributed by atoms with Crippen molar-refractivity contribution in [2.24, 2.45) is 0 Å². The lowest BCUT2D eigenvalue weighted by Crippen LogP contribution is -2.12. The number of rotatable bonds is 8. The summed E-state index contributed by atoms with van der Waals surface area (Å²) in [5.41, 5.74) is 15.9. The van der Waals surface area contributed by atoms with Gasteiger partial charge in [-0.15, -0.1) is 0 Å². The van der Waals surface area contributed by atoms with Crippen LogP contribution >= 0.6 is 0 Å². The standard InChI is InChI=1S/C54H43NO/c1-54(2,3)52-50-22-10-11-23-51(50)56-53(52)46-20-13-21-49(37-46)55(47-32-28-42(29-33-47)41-26-24-40(25-27-41)38-14-6-4-7-15-38)48-34-30-43(31-35-48)45-19-12-18-44(36-45)39-16-8-5-9-17-39/h4-37H,1-3H3. The highest BCUT2D eigenvalue weighted by molar-refractivity contribution is 5.90. The minimum Gasteiger partial charge on any atom is -0.456 e. The molecule has 0 saturated carbocycles. The van der Waals surface area contributed by atoms with Crippen molar-refractivity contribution in [2.45, 2.75) is 26.2 Å². The van der Waals surface area contributed by atoms with Crippen molar-refractivity contribution >= 4 is 28.0 Å². The monoisotopic (exact) mass is 721 g/mol. The lowest BCUT2D eigenvalue weighted by Gasteiger charge is -2.27. The summed E-state index contributed by atoms with van der Waals surface area (Å²) < 4.78 is 6.65. The Morgan fingerprint density at radius 3 is 1.30 bits per heavy atom. The van der Waals surface area contributed by atoms with Crippen molar-refractivity contribution < 1.29 is 4.42 Å². The van der Waals surface area contributed by atoms with Gasteiger partial charge in [-0.3, -0.25) is 0 Å². The number of furan rings is 1. The molecule has 0 bridgehead atoms. The molecular weight excluding hydrogens is 679 g/mol. The Labute approximate surface area is 330 Å². The van der Waals surface area contributed by atoms with Gasteiger partial charge in [0.15, 0.2) is 0 Å². The lowest BCUT2D eigenvalue weighted by atomic mass is 9.83.